The summed E-state index contributed by atoms with van der Waals surface area (Å²) in [6.07, 6.45) is 0.753. The van der Waals surface area contributed by atoms with Crippen molar-refractivity contribution in [2.24, 2.45) is 0 Å². The number of nitrogens with zero attached hydrogens (tertiary/aromatic N) is 4. The van der Waals surface area contributed by atoms with Crippen LogP contribution in [-0.2, 0) is 23.1 Å². The van der Waals surface area contributed by atoms with E-state index in [1.807, 2.05) is 11.7 Å². The van der Waals surface area contributed by atoms with Crippen molar-refractivity contribution in [1.82, 2.24) is 14.7 Å². The molecule has 3 rings (SSSR count). The average molecular weight is 300 g/mol. The summed E-state index contributed by atoms with van der Waals surface area (Å²) >= 11 is 0. The molecule has 1 saturated heterocycles. The van der Waals surface area contributed by atoms with Crippen LogP contribution in [0.1, 0.15) is 19.5 Å². The van der Waals surface area contributed by atoms with E-state index in [-0.39, 0.29) is 5.75 Å². The fourth-order valence-corrected chi connectivity index (χ4v) is 4.87. The van der Waals surface area contributed by atoms with Gasteiger partial charge < -0.3 is 5.11 Å². The van der Waals surface area contributed by atoms with Crippen molar-refractivity contribution in [2.75, 3.05) is 17.1 Å². The Bertz CT molecular complexity index is 627. The van der Waals surface area contributed by atoms with Crippen molar-refractivity contribution in [1.29, 1.82) is 0 Å². The first-order valence-corrected chi connectivity index (χ1v) is 8.37. The summed E-state index contributed by atoms with van der Waals surface area (Å²) < 4.78 is 27.7. The number of hydrogen-bond donors (Lipinski definition) is 1. The number of sulfonamides is 1. The van der Waals surface area contributed by atoms with Crippen molar-refractivity contribution in [3.8, 4) is 0 Å². The molecule has 3 heterocycles. The van der Waals surface area contributed by atoms with E-state index in [1.165, 1.54) is 4.31 Å². The molecule has 1 aromatic heterocycles. The zero-order chi connectivity index (χ0) is 14.7. The lowest BCUT2D eigenvalue weighted by Gasteiger charge is -2.32. The Balaban J connectivity index is 2.05. The van der Waals surface area contributed by atoms with E-state index in [1.54, 1.807) is 13.1 Å². The molecule has 3 atom stereocenters. The Morgan fingerprint density at radius 1 is 1.40 bits per heavy atom. The summed E-state index contributed by atoms with van der Waals surface area (Å²) in [6.45, 7) is 5.25. The standard InChI is InChI=1S/C12H20N4O3S/c1-8-5-15-11(6-14(8)3)10(4-13-15)16-9(2)12(17)7-20(16,18)19/h4,8-9,12,17H,5-7H2,1-3H3/t8-,9?,12?/m0/s1. The van der Waals surface area contributed by atoms with Gasteiger partial charge in [-0.05, 0) is 20.9 Å². The summed E-state index contributed by atoms with van der Waals surface area (Å²) in [4.78, 5) is 2.17. The third-order valence-electron chi connectivity index (χ3n) is 4.36. The molecule has 1 N–H and O–H groups in total. The second-order valence-corrected chi connectivity index (χ2v) is 7.70. The highest BCUT2D eigenvalue weighted by Gasteiger charge is 2.43. The van der Waals surface area contributed by atoms with E-state index in [0.29, 0.717) is 18.3 Å². The topological polar surface area (TPSA) is 78.7 Å². The largest absolute Gasteiger partial charge is 0.390 e. The molecule has 2 aliphatic rings. The van der Waals surface area contributed by atoms with Crippen LogP contribution in [0.15, 0.2) is 6.20 Å². The molecule has 0 bridgehead atoms. The minimum Gasteiger partial charge on any atom is -0.390 e. The van der Waals surface area contributed by atoms with E-state index in [4.69, 9.17) is 0 Å². The molecule has 20 heavy (non-hydrogen) atoms. The Labute approximate surface area is 118 Å². The van der Waals surface area contributed by atoms with Crippen molar-refractivity contribution in [3.63, 3.8) is 0 Å². The van der Waals surface area contributed by atoms with E-state index < -0.39 is 22.2 Å². The van der Waals surface area contributed by atoms with Crippen LogP contribution in [-0.4, -0.2) is 59.2 Å². The number of fused-ring (bicyclic) bond motifs is 1. The third-order valence-corrected chi connectivity index (χ3v) is 6.25. The number of hydrogen-bond acceptors (Lipinski definition) is 5. The Morgan fingerprint density at radius 3 is 2.70 bits per heavy atom. The monoisotopic (exact) mass is 300 g/mol. The van der Waals surface area contributed by atoms with Gasteiger partial charge in [-0.25, -0.2) is 8.42 Å². The summed E-state index contributed by atoms with van der Waals surface area (Å²) in [6, 6.07) is -0.0768. The van der Waals surface area contributed by atoms with Gasteiger partial charge in [0.25, 0.3) is 0 Å². The highest BCUT2D eigenvalue weighted by Crippen LogP contribution is 2.33. The Kier molecular flexibility index (Phi) is 3.07. The van der Waals surface area contributed by atoms with Crippen molar-refractivity contribution < 1.29 is 13.5 Å². The zero-order valence-corrected chi connectivity index (χ0v) is 12.7. The van der Waals surface area contributed by atoms with Gasteiger partial charge >= 0.3 is 0 Å². The summed E-state index contributed by atoms with van der Waals surface area (Å²) in [7, 11) is -1.45. The molecule has 7 nitrogen and oxygen atoms in total. The smallest absolute Gasteiger partial charge is 0.238 e. The highest BCUT2D eigenvalue weighted by molar-refractivity contribution is 7.93. The Hall–Kier alpha value is -1.12. The third kappa shape index (κ3) is 1.94. The first kappa shape index (κ1) is 13.8. The van der Waals surface area contributed by atoms with Crippen molar-refractivity contribution in [2.45, 2.75) is 45.1 Å². The molecule has 2 unspecified atom stereocenters. The average Bonchev–Trinajstić information content (AvgIpc) is 2.80. The van der Waals surface area contributed by atoms with Gasteiger partial charge in [0.1, 0.15) is 0 Å². The van der Waals surface area contributed by atoms with Gasteiger partial charge in [-0.1, -0.05) is 0 Å². The molecule has 0 amide bonds. The van der Waals surface area contributed by atoms with Crippen LogP contribution >= 0.6 is 0 Å². The predicted molar refractivity (Wildman–Crippen MR) is 74.9 cm³/mol. The highest BCUT2D eigenvalue weighted by atomic mass is 32.2. The summed E-state index contributed by atoms with van der Waals surface area (Å²) in [5.74, 6) is -0.217. The van der Waals surface area contributed by atoms with Crippen LogP contribution < -0.4 is 4.31 Å². The summed E-state index contributed by atoms with van der Waals surface area (Å²) in [5, 5.41) is 14.2. The van der Waals surface area contributed by atoms with Gasteiger partial charge in [0.05, 0.1) is 42.0 Å². The maximum Gasteiger partial charge on any atom is 0.238 e. The molecule has 1 aromatic rings. The van der Waals surface area contributed by atoms with E-state index in [9.17, 15) is 13.5 Å². The molecule has 0 aromatic carbocycles. The maximum absolute atomic E-state index is 12.2. The molecule has 0 radical (unpaired) electrons. The van der Waals surface area contributed by atoms with E-state index in [0.717, 1.165) is 12.2 Å². The van der Waals surface area contributed by atoms with Crippen LogP contribution in [0, 0.1) is 0 Å². The number of aromatic nitrogens is 2. The lowest BCUT2D eigenvalue weighted by atomic mass is 10.1. The lowest BCUT2D eigenvalue weighted by Crippen LogP contribution is -2.40. The van der Waals surface area contributed by atoms with Crippen LogP contribution in [0.3, 0.4) is 0 Å². The second kappa shape index (κ2) is 4.44. The lowest BCUT2D eigenvalue weighted by molar-refractivity contribution is 0.180. The van der Waals surface area contributed by atoms with Crippen LogP contribution in [0.4, 0.5) is 5.69 Å². The zero-order valence-electron chi connectivity index (χ0n) is 11.9. The van der Waals surface area contributed by atoms with E-state index in [2.05, 4.69) is 16.9 Å². The molecular formula is C12H20N4O3S. The van der Waals surface area contributed by atoms with Gasteiger partial charge in [0.15, 0.2) is 0 Å². The molecule has 0 aliphatic carbocycles. The van der Waals surface area contributed by atoms with E-state index >= 15 is 0 Å². The number of aliphatic hydroxyl groups excluding tert-OH is 1. The predicted octanol–water partition coefficient (Wildman–Crippen LogP) is -0.384. The molecule has 1 fully saturated rings. The van der Waals surface area contributed by atoms with Gasteiger partial charge in [-0.2, -0.15) is 5.10 Å². The van der Waals surface area contributed by atoms with Crippen LogP contribution in [0.5, 0.6) is 0 Å². The fraction of sp³-hybridized carbons (Fsp3) is 0.750. The molecule has 0 saturated carbocycles. The molecule has 2 aliphatic heterocycles. The van der Waals surface area contributed by atoms with Crippen molar-refractivity contribution >= 4 is 15.7 Å². The molecule has 0 spiro atoms. The van der Waals surface area contributed by atoms with Crippen molar-refractivity contribution in [3.05, 3.63) is 11.9 Å². The minimum absolute atomic E-state index is 0.217. The first-order valence-electron chi connectivity index (χ1n) is 6.76. The second-order valence-electron chi connectivity index (χ2n) is 5.81. The van der Waals surface area contributed by atoms with Crippen LogP contribution in [0.25, 0.3) is 0 Å². The van der Waals surface area contributed by atoms with Gasteiger partial charge in [-0.3, -0.25) is 13.9 Å². The van der Waals surface area contributed by atoms with Gasteiger partial charge in [0.2, 0.25) is 10.0 Å². The minimum atomic E-state index is -3.46. The molecular weight excluding hydrogens is 280 g/mol. The number of anilines is 1. The number of aliphatic hydroxyl groups is 1. The van der Waals surface area contributed by atoms with Gasteiger partial charge in [-0.15, -0.1) is 0 Å². The normalized spacial score (nSPS) is 33.4. The number of likely N-dealkylation sites (N-methyl/N-ethyl adjacent to an activating group) is 1. The molecule has 112 valence electrons. The molecule has 8 heteroatoms. The Morgan fingerprint density at radius 2 is 2.10 bits per heavy atom. The van der Waals surface area contributed by atoms with Crippen LogP contribution in [0.2, 0.25) is 0 Å². The maximum atomic E-state index is 12.2. The quantitative estimate of drug-likeness (QED) is 0.764. The number of rotatable bonds is 1. The fourth-order valence-electron chi connectivity index (χ4n) is 2.90. The SMILES string of the molecule is CC1C(O)CS(=O)(=O)N1c1cnn2c1CN(C)[C@@H](C)C2. The van der Waals surface area contributed by atoms with Gasteiger partial charge in [0, 0.05) is 12.6 Å². The first-order chi connectivity index (χ1) is 9.31. The summed E-state index contributed by atoms with van der Waals surface area (Å²) in [5.41, 5.74) is 1.50.